The molecule has 1 amide bonds. The fourth-order valence-electron chi connectivity index (χ4n) is 3.03. The van der Waals surface area contributed by atoms with Gasteiger partial charge in [0.05, 0.1) is 17.7 Å². The van der Waals surface area contributed by atoms with Crippen LogP contribution in [0.5, 0.6) is 5.75 Å². The van der Waals surface area contributed by atoms with Gasteiger partial charge in [-0.05, 0) is 31.0 Å². The number of amides is 1. The van der Waals surface area contributed by atoms with Crippen molar-refractivity contribution in [2.75, 3.05) is 12.4 Å². The third kappa shape index (κ3) is 4.75. The lowest BCUT2D eigenvalue weighted by molar-refractivity contribution is -0.384. The van der Waals surface area contributed by atoms with E-state index in [-0.39, 0.29) is 23.5 Å². The van der Waals surface area contributed by atoms with E-state index in [9.17, 15) is 19.7 Å². The number of fused-ring (bicyclic) bond motifs is 1. The molecule has 1 unspecified atom stereocenters. The molecule has 0 aliphatic heterocycles. The lowest BCUT2D eigenvalue weighted by atomic mass is 10.1. The van der Waals surface area contributed by atoms with Gasteiger partial charge >= 0.3 is 5.97 Å². The van der Waals surface area contributed by atoms with Crippen molar-refractivity contribution in [3.05, 3.63) is 64.3 Å². The Labute approximate surface area is 172 Å². The van der Waals surface area contributed by atoms with Crippen molar-refractivity contribution in [1.82, 2.24) is 4.98 Å². The van der Waals surface area contributed by atoms with Crippen LogP contribution in [0.3, 0.4) is 0 Å². The summed E-state index contributed by atoms with van der Waals surface area (Å²) in [4.78, 5) is 38.1. The summed E-state index contributed by atoms with van der Waals surface area (Å²) in [6, 6.07) is 11.6. The third-order valence-electron chi connectivity index (χ3n) is 4.60. The Hall–Kier alpha value is -3.88. The number of anilines is 1. The Bertz CT molecular complexity index is 1090. The first kappa shape index (κ1) is 20.8. The minimum atomic E-state index is -1.08. The SMILES string of the molecule is COc1ccc([N+](=O)[O-])cc1NC(=O)C(C)OC(=O)CCc1c[nH]c2ccccc12. The predicted molar refractivity (Wildman–Crippen MR) is 110 cm³/mol. The van der Waals surface area contributed by atoms with E-state index in [1.54, 1.807) is 0 Å². The van der Waals surface area contributed by atoms with Gasteiger partial charge in [-0.1, -0.05) is 18.2 Å². The monoisotopic (exact) mass is 411 g/mol. The minimum Gasteiger partial charge on any atom is -0.495 e. The maximum absolute atomic E-state index is 12.4. The zero-order valence-corrected chi connectivity index (χ0v) is 16.5. The van der Waals surface area contributed by atoms with Crippen LogP contribution < -0.4 is 10.1 Å². The number of carbonyl (C=O) groups is 2. The van der Waals surface area contributed by atoms with Crippen molar-refractivity contribution in [3.63, 3.8) is 0 Å². The summed E-state index contributed by atoms with van der Waals surface area (Å²) in [5.74, 6) is -0.880. The summed E-state index contributed by atoms with van der Waals surface area (Å²) in [5.41, 5.74) is 1.90. The molecule has 156 valence electrons. The number of nitrogens with zero attached hydrogens (tertiary/aromatic N) is 1. The number of nitro groups is 1. The highest BCUT2D eigenvalue weighted by Gasteiger charge is 2.21. The molecule has 2 N–H and O–H groups in total. The summed E-state index contributed by atoms with van der Waals surface area (Å²) in [5, 5.41) is 14.5. The molecule has 0 aliphatic rings. The number of ether oxygens (including phenoxy) is 2. The first-order valence-corrected chi connectivity index (χ1v) is 9.27. The highest BCUT2D eigenvalue weighted by atomic mass is 16.6. The number of para-hydroxylation sites is 1. The van der Waals surface area contributed by atoms with Crippen molar-refractivity contribution in [2.24, 2.45) is 0 Å². The summed E-state index contributed by atoms with van der Waals surface area (Å²) in [6.45, 7) is 1.43. The fourth-order valence-corrected chi connectivity index (χ4v) is 3.03. The van der Waals surface area contributed by atoms with Gasteiger partial charge in [-0.25, -0.2) is 0 Å². The Morgan fingerprint density at radius 2 is 2.00 bits per heavy atom. The lowest BCUT2D eigenvalue weighted by Gasteiger charge is -2.15. The quantitative estimate of drug-likeness (QED) is 0.332. The molecule has 3 aromatic rings. The van der Waals surface area contributed by atoms with Crippen molar-refractivity contribution in [3.8, 4) is 5.75 Å². The van der Waals surface area contributed by atoms with E-state index < -0.39 is 22.9 Å². The molecule has 0 bridgehead atoms. The van der Waals surface area contributed by atoms with Crippen molar-refractivity contribution in [1.29, 1.82) is 0 Å². The molecule has 0 saturated heterocycles. The topological polar surface area (TPSA) is 124 Å². The van der Waals surface area contributed by atoms with Crippen LogP contribution in [0.15, 0.2) is 48.7 Å². The Morgan fingerprint density at radius 3 is 2.73 bits per heavy atom. The van der Waals surface area contributed by atoms with Gasteiger partial charge in [-0.3, -0.25) is 19.7 Å². The molecular weight excluding hydrogens is 390 g/mol. The van der Waals surface area contributed by atoms with E-state index in [0.29, 0.717) is 6.42 Å². The van der Waals surface area contributed by atoms with Gasteiger partial charge in [0, 0.05) is 35.7 Å². The number of aromatic amines is 1. The molecule has 0 aliphatic carbocycles. The van der Waals surface area contributed by atoms with E-state index in [1.807, 2.05) is 30.5 Å². The molecule has 0 saturated carbocycles. The number of non-ortho nitro benzene ring substituents is 1. The highest BCUT2D eigenvalue weighted by molar-refractivity contribution is 5.96. The van der Waals surface area contributed by atoms with Crippen LogP contribution in [0.4, 0.5) is 11.4 Å². The molecule has 0 spiro atoms. The van der Waals surface area contributed by atoms with Crippen LogP contribution in [0.2, 0.25) is 0 Å². The molecule has 30 heavy (non-hydrogen) atoms. The number of aromatic nitrogens is 1. The molecular formula is C21H21N3O6. The maximum Gasteiger partial charge on any atom is 0.306 e. The number of nitro benzene ring substituents is 1. The molecule has 1 atom stereocenters. The molecule has 3 rings (SSSR count). The standard InChI is InChI=1S/C21H21N3O6/c1-13(21(26)23-18-11-15(24(27)28)8-9-19(18)29-2)30-20(25)10-7-14-12-22-17-6-4-3-5-16(14)17/h3-6,8-9,11-13,22H,7,10H2,1-2H3,(H,23,26). The number of hydrogen-bond acceptors (Lipinski definition) is 6. The summed E-state index contributed by atoms with van der Waals surface area (Å²) >= 11 is 0. The molecule has 1 heterocycles. The zero-order valence-electron chi connectivity index (χ0n) is 16.5. The van der Waals surface area contributed by atoms with Crippen LogP contribution in [-0.4, -0.2) is 35.0 Å². The van der Waals surface area contributed by atoms with Crippen molar-refractivity contribution >= 4 is 34.2 Å². The van der Waals surface area contributed by atoms with E-state index in [4.69, 9.17) is 9.47 Å². The molecule has 2 aromatic carbocycles. The smallest absolute Gasteiger partial charge is 0.306 e. The second-order valence-electron chi connectivity index (χ2n) is 6.62. The molecule has 1 aromatic heterocycles. The second-order valence-corrected chi connectivity index (χ2v) is 6.62. The van der Waals surface area contributed by atoms with Crippen molar-refractivity contribution in [2.45, 2.75) is 25.9 Å². The minimum absolute atomic E-state index is 0.111. The first-order valence-electron chi connectivity index (χ1n) is 9.27. The van der Waals surface area contributed by atoms with Gasteiger partial charge in [0.1, 0.15) is 5.75 Å². The normalized spacial score (nSPS) is 11.7. The van der Waals surface area contributed by atoms with Gasteiger partial charge in [0.2, 0.25) is 0 Å². The number of nitrogens with one attached hydrogen (secondary N) is 2. The van der Waals surface area contributed by atoms with E-state index in [0.717, 1.165) is 16.5 Å². The zero-order chi connectivity index (χ0) is 21.7. The summed E-state index contributed by atoms with van der Waals surface area (Å²) in [7, 11) is 1.38. The first-order chi connectivity index (χ1) is 14.4. The van der Waals surface area contributed by atoms with E-state index in [1.165, 1.54) is 32.2 Å². The number of aryl methyl sites for hydroxylation is 1. The number of esters is 1. The van der Waals surface area contributed by atoms with Crippen LogP contribution in [-0.2, 0) is 20.7 Å². The Balaban J connectivity index is 1.58. The summed E-state index contributed by atoms with van der Waals surface area (Å²) < 4.78 is 10.3. The maximum atomic E-state index is 12.4. The Kier molecular flexibility index (Phi) is 6.31. The Morgan fingerprint density at radius 1 is 1.23 bits per heavy atom. The number of H-pyrrole nitrogens is 1. The number of methoxy groups -OCH3 is 1. The number of benzene rings is 2. The van der Waals surface area contributed by atoms with E-state index >= 15 is 0 Å². The van der Waals surface area contributed by atoms with Crippen LogP contribution in [0.25, 0.3) is 10.9 Å². The summed E-state index contributed by atoms with van der Waals surface area (Å²) in [6.07, 6.45) is 1.35. The third-order valence-corrected chi connectivity index (χ3v) is 4.60. The molecule has 9 heteroatoms. The molecule has 0 radical (unpaired) electrons. The van der Waals surface area contributed by atoms with Crippen LogP contribution in [0.1, 0.15) is 18.9 Å². The van der Waals surface area contributed by atoms with Gasteiger partial charge in [0.25, 0.3) is 11.6 Å². The molecule has 0 fully saturated rings. The van der Waals surface area contributed by atoms with Crippen molar-refractivity contribution < 1.29 is 24.0 Å². The largest absolute Gasteiger partial charge is 0.495 e. The number of rotatable bonds is 8. The molecule has 9 nitrogen and oxygen atoms in total. The predicted octanol–water partition coefficient (Wildman–Crippen LogP) is 3.59. The number of carbonyl (C=O) groups excluding carboxylic acids is 2. The fraction of sp³-hybridized carbons (Fsp3) is 0.238. The average molecular weight is 411 g/mol. The average Bonchev–Trinajstić information content (AvgIpc) is 3.15. The van der Waals surface area contributed by atoms with E-state index in [2.05, 4.69) is 10.3 Å². The number of hydrogen-bond donors (Lipinski definition) is 2. The van der Waals surface area contributed by atoms with Crippen LogP contribution in [0, 0.1) is 10.1 Å². The van der Waals surface area contributed by atoms with Gasteiger partial charge in [-0.15, -0.1) is 0 Å². The van der Waals surface area contributed by atoms with Gasteiger partial charge in [0.15, 0.2) is 6.10 Å². The van der Waals surface area contributed by atoms with Gasteiger partial charge < -0.3 is 19.8 Å². The highest BCUT2D eigenvalue weighted by Crippen LogP contribution is 2.29. The van der Waals surface area contributed by atoms with Gasteiger partial charge in [-0.2, -0.15) is 0 Å². The second kappa shape index (κ2) is 9.08. The van der Waals surface area contributed by atoms with Crippen LogP contribution >= 0.6 is 0 Å². The lowest BCUT2D eigenvalue weighted by Crippen LogP contribution is -2.30.